The Kier molecular flexibility index (Phi) is 3.13. The van der Waals surface area contributed by atoms with Crippen LogP contribution in [0.3, 0.4) is 0 Å². The van der Waals surface area contributed by atoms with Gasteiger partial charge in [0, 0.05) is 23.8 Å². The molecule has 0 radical (unpaired) electrons. The Bertz CT molecular complexity index is 743. The number of ketones is 2. The number of hydrogen-bond acceptors (Lipinski definition) is 5. The van der Waals surface area contributed by atoms with E-state index in [1.54, 1.807) is 6.92 Å². The monoisotopic (exact) mass is 346 g/mol. The lowest BCUT2D eigenvalue weighted by molar-refractivity contribution is -0.152. The zero-order chi connectivity index (χ0) is 18.5. The minimum absolute atomic E-state index is 0.0467. The van der Waals surface area contributed by atoms with Gasteiger partial charge in [0.25, 0.3) is 0 Å². The van der Waals surface area contributed by atoms with Gasteiger partial charge in [0.15, 0.2) is 5.78 Å². The Hall–Kier alpha value is -1.49. The summed E-state index contributed by atoms with van der Waals surface area (Å²) in [6.45, 7) is 9.24. The number of aliphatic hydroxyl groups is 1. The molecular formula is C20H26O5. The Labute approximate surface area is 147 Å². The average Bonchev–Trinajstić information content (AvgIpc) is 2.95. The van der Waals surface area contributed by atoms with Crippen molar-refractivity contribution in [3.8, 4) is 0 Å². The molecule has 0 aromatic heterocycles. The molecule has 5 nitrogen and oxygen atoms in total. The van der Waals surface area contributed by atoms with Crippen LogP contribution in [0, 0.1) is 29.1 Å². The average molecular weight is 346 g/mol. The Morgan fingerprint density at radius 1 is 1.20 bits per heavy atom. The Morgan fingerprint density at radius 2 is 1.84 bits per heavy atom. The molecule has 4 rings (SSSR count). The van der Waals surface area contributed by atoms with Crippen LogP contribution in [-0.2, 0) is 19.1 Å². The molecule has 4 aliphatic rings. The standard InChI is InChI=1S/C20H26O5/c1-9(21)8-10-12-14-15(20(5,24)16(10)22)13-11(18(13,2)3)6-7-19(14,4)25-17(12)23/h11,13-15,24H,6-8H2,1-5H3/t11-,13-,14-,15+,19-,20-/m0/s1. The molecule has 0 spiro atoms. The fraction of sp³-hybridized carbons (Fsp3) is 0.750. The molecule has 1 aliphatic heterocycles. The molecule has 5 heteroatoms. The summed E-state index contributed by atoms with van der Waals surface area (Å²) in [5.74, 6) is -1.19. The lowest BCUT2D eigenvalue weighted by Crippen LogP contribution is -2.56. The molecule has 136 valence electrons. The zero-order valence-corrected chi connectivity index (χ0v) is 15.5. The largest absolute Gasteiger partial charge is 0.455 e. The van der Waals surface area contributed by atoms with Gasteiger partial charge in [-0.05, 0) is 50.9 Å². The first-order valence-electron chi connectivity index (χ1n) is 9.16. The van der Waals surface area contributed by atoms with E-state index in [0.717, 1.165) is 12.8 Å². The highest BCUT2D eigenvalue weighted by Crippen LogP contribution is 2.72. The number of carbonyl (C=O) groups is 3. The highest BCUT2D eigenvalue weighted by Gasteiger charge is 2.74. The zero-order valence-electron chi connectivity index (χ0n) is 15.5. The molecule has 0 aromatic carbocycles. The van der Waals surface area contributed by atoms with E-state index in [9.17, 15) is 19.5 Å². The summed E-state index contributed by atoms with van der Waals surface area (Å²) in [5.41, 5.74) is -1.69. The smallest absolute Gasteiger partial charge is 0.335 e. The van der Waals surface area contributed by atoms with Gasteiger partial charge >= 0.3 is 5.97 Å². The fourth-order valence-electron chi connectivity index (χ4n) is 6.22. The van der Waals surface area contributed by atoms with Crippen LogP contribution in [0.4, 0.5) is 0 Å². The molecule has 0 unspecified atom stereocenters. The second-order valence-electron chi connectivity index (χ2n) is 9.45. The van der Waals surface area contributed by atoms with Gasteiger partial charge in [-0.1, -0.05) is 13.8 Å². The minimum Gasteiger partial charge on any atom is -0.455 e. The van der Waals surface area contributed by atoms with Crippen LogP contribution >= 0.6 is 0 Å². The topological polar surface area (TPSA) is 80.7 Å². The van der Waals surface area contributed by atoms with Crippen molar-refractivity contribution in [2.75, 3.05) is 0 Å². The van der Waals surface area contributed by atoms with Crippen molar-refractivity contribution in [3.63, 3.8) is 0 Å². The third-order valence-electron chi connectivity index (χ3n) is 7.49. The van der Waals surface area contributed by atoms with Gasteiger partial charge in [0.05, 0.1) is 5.57 Å². The quantitative estimate of drug-likeness (QED) is 0.776. The molecule has 0 aromatic rings. The van der Waals surface area contributed by atoms with E-state index in [1.807, 2.05) is 6.92 Å². The molecule has 6 atom stereocenters. The van der Waals surface area contributed by atoms with E-state index >= 15 is 0 Å². The molecule has 3 aliphatic carbocycles. The van der Waals surface area contributed by atoms with Crippen LogP contribution in [0.1, 0.15) is 53.9 Å². The normalized spacial score (nSPS) is 47.0. The first-order valence-corrected chi connectivity index (χ1v) is 9.16. The number of esters is 1. The van der Waals surface area contributed by atoms with Crippen molar-refractivity contribution in [2.24, 2.45) is 29.1 Å². The molecule has 1 heterocycles. The lowest BCUT2D eigenvalue weighted by atomic mass is 9.59. The summed E-state index contributed by atoms with van der Waals surface area (Å²) >= 11 is 0. The summed E-state index contributed by atoms with van der Waals surface area (Å²) in [4.78, 5) is 37.5. The summed E-state index contributed by atoms with van der Waals surface area (Å²) in [6, 6.07) is 0. The number of carbonyl (C=O) groups excluding carboxylic acids is 3. The maximum atomic E-state index is 13.1. The van der Waals surface area contributed by atoms with Crippen molar-refractivity contribution in [1.29, 1.82) is 0 Å². The van der Waals surface area contributed by atoms with Gasteiger partial charge in [-0.3, -0.25) is 9.59 Å². The van der Waals surface area contributed by atoms with E-state index in [2.05, 4.69) is 13.8 Å². The predicted octanol–water partition coefficient (Wildman–Crippen LogP) is 2.21. The van der Waals surface area contributed by atoms with Crippen LogP contribution in [-0.4, -0.2) is 33.8 Å². The highest BCUT2D eigenvalue weighted by molar-refractivity contribution is 6.13. The fourth-order valence-corrected chi connectivity index (χ4v) is 6.22. The maximum absolute atomic E-state index is 13.1. The van der Waals surface area contributed by atoms with E-state index < -0.39 is 23.0 Å². The molecule has 1 N–H and O–H groups in total. The molecule has 0 bridgehead atoms. The van der Waals surface area contributed by atoms with E-state index in [0.29, 0.717) is 11.5 Å². The molecule has 3 fully saturated rings. The van der Waals surface area contributed by atoms with Crippen molar-refractivity contribution in [1.82, 2.24) is 0 Å². The molecule has 1 saturated heterocycles. The van der Waals surface area contributed by atoms with Crippen LogP contribution < -0.4 is 0 Å². The highest BCUT2D eigenvalue weighted by atomic mass is 16.6. The van der Waals surface area contributed by atoms with Crippen LogP contribution in [0.25, 0.3) is 0 Å². The van der Waals surface area contributed by atoms with Gasteiger partial charge in [-0.15, -0.1) is 0 Å². The third kappa shape index (κ3) is 1.96. The molecule has 25 heavy (non-hydrogen) atoms. The third-order valence-corrected chi connectivity index (χ3v) is 7.49. The van der Waals surface area contributed by atoms with Crippen molar-refractivity contribution >= 4 is 17.5 Å². The predicted molar refractivity (Wildman–Crippen MR) is 89.4 cm³/mol. The number of fused-ring (bicyclic) bond motifs is 2. The molecular weight excluding hydrogens is 320 g/mol. The maximum Gasteiger partial charge on any atom is 0.335 e. The number of rotatable bonds is 2. The van der Waals surface area contributed by atoms with Gasteiger partial charge in [0.2, 0.25) is 0 Å². The second kappa shape index (κ2) is 4.61. The van der Waals surface area contributed by atoms with Gasteiger partial charge < -0.3 is 9.84 Å². The Morgan fingerprint density at radius 3 is 2.44 bits per heavy atom. The SMILES string of the molecule is CC(=O)CC1=C2C(=O)O[C@@]3(C)CC[C@H]4[C@@H]([C@H]([C@H]23)[C@](C)(O)C1=O)C4(C)C. The first-order chi connectivity index (χ1) is 11.4. The summed E-state index contributed by atoms with van der Waals surface area (Å²) < 4.78 is 5.77. The number of hydrogen-bond donors (Lipinski definition) is 1. The van der Waals surface area contributed by atoms with Gasteiger partial charge in [-0.2, -0.15) is 0 Å². The van der Waals surface area contributed by atoms with Crippen molar-refractivity contribution in [2.45, 2.75) is 65.1 Å². The van der Waals surface area contributed by atoms with Gasteiger partial charge in [0.1, 0.15) is 17.0 Å². The van der Waals surface area contributed by atoms with Crippen LogP contribution in [0.2, 0.25) is 0 Å². The number of ether oxygens (including phenoxy) is 1. The van der Waals surface area contributed by atoms with Crippen molar-refractivity contribution < 1.29 is 24.2 Å². The van der Waals surface area contributed by atoms with Crippen LogP contribution in [0.15, 0.2) is 11.1 Å². The summed E-state index contributed by atoms with van der Waals surface area (Å²) in [7, 11) is 0. The van der Waals surface area contributed by atoms with E-state index in [-0.39, 0.29) is 40.9 Å². The Balaban J connectivity index is 1.95. The van der Waals surface area contributed by atoms with Crippen molar-refractivity contribution in [3.05, 3.63) is 11.1 Å². The molecule has 2 saturated carbocycles. The van der Waals surface area contributed by atoms with Gasteiger partial charge in [-0.25, -0.2) is 4.79 Å². The summed E-state index contributed by atoms with van der Waals surface area (Å²) in [6.07, 6.45) is 1.54. The first kappa shape index (κ1) is 17.0. The van der Waals surface area contributed by atoms with Crippen LogP contribution in [0.5, 0.6) is 0 Å². The molecule has 0 amide bonds. The van der Waals surface area contributed by atoms with E-state index in [4.69, 9.17) is 4.74 Å². The minimum atomic E-state index is -1.57. The lowest BCUT2D eigenvalue weighted by Gasteiger charge is -2.45. The number of Topliss-reactive ketones (excluding diaryl/α,β-unsaturated/α-hetero) is 2. The second-order valence-corrected chi connectivity index (χ2v) is 9.45. The van der Waals surface area contributed by atoms with E-state index in [1.165, 1.54) is 6.92 Å². The summed E-state index contributed by atoms with van der Waals surface area (Å²) in [5, 5.41) is 11.3.